The first-order valence-corrected chi connectivity index (χ1v) is 10.2. The summed E-state index contributed by atoms with van der Waals surface area (Å²) in [6.45, 7) is 0.166. The Morgan fingerprint density at radius 1 is 1.00 bits per heavy atom. The summed E-state index contributed by atoms with van der Waals surface area (Å²) in [5.74, 6) is -0.731. The van der Waals surface area contributed by atoms with Gasteiger partial charge in [0.2, 0.25) is 0 Å². The number of thiophene rings is 1. The van der Waals surface area contributed by atoms with Gasteiger partial charge in [-0.1, -0.05) is 54.6 Å². The number of carbonyl (C=O) groups is 2. The predicted octanol–water partition coefficient (Wildman–Crippen LogP) is 4.31. The van der Waals surface area contributed by atoms with E-state index in [1.54, 1.807) is 6.07 Å². The van der Waals surface area contributed by atoms with Gasteiger partial charge in [-0.05, 0) is 28.6 Å². The molecule has 0 aliphatic rings. The lowest BCUT2D eigenvalue weighted by atomic mass is 10.0. The van der Waals surface area contributed by atoms with Crippen molar-refractivity contribution in [1.82, 2.24) is 10.3 Å². The van der Waals surface area contributed by atoms with Crippen molar-refractivity contribution in [2.75, 3.05) is 0 Å². The molecule has 0 aliphatic heterocycles. The van der Waals surface area contributed by atoms with Crippen LogP contribution in [-0.4, -0.2) is 22.9 Å². The van der Waals surface area contributed by atoms with Gasteiger partial charge in [0.05, 0.1) is 4.88 Å². The molecule has 29 heavy (non-hydrogen) atoms. The van der Waals surface area contributed by atoms with Gasteiger partial charge in [0.25, 0.3) is 5.91 Å². The lowest BCUT2D eigenvalue weighted by Gasteiger charge is -2.17. The van der Waals surface area contributed by atoms with Crippen molar-refractivity contribution in [3.8, 4) is 0 Å². The summed E-state index contributed by atoms with van der Waals surface area (Å²) < 4.78 is 5.51. The highest BCUT2D eigenvalue weighted by atomic mass is 32.1. The number of aromatic nitrogens is 1. The molecular weight excluding hydrogens is 384 g/mol. The number of nitrogens with one attached hydrogen (secondary N) is 2. The topological polar surface area (TPSA) is 71.2 Å². The van der Waals surface area contributed by atoms with Crippen LogP contribution in [0.25, 0.3) is 10.9 Å². The number of para-hydroxylation sites is 1. The van der Waals surface area contributed by atoms with E-state index < -0.39 is 12.0 Å². The summed E-state index contributed by atoms with van der Waals surface area (Å²) in [5, 5.41) is 5.70. The molecule has 2 heterocycles. The van der Waals surface area contributed by atoms with Gasteiger partial charge in [0, 0.05) is 23.5 Å². The minimum absolute atomic E-state index is 0.166. The maximum atomic E-state index is 12.8. The Bertz CT molecular complexity index is 1100. The second-order valence-corrected chi connectivity index (χ2v) is 7.61. The van der Waals surface area contributed by atoms with Crippen molar-refractivity contribution in [2.45, 2.75) is 19.1 Å². The van der Waals surface area contributed by atoms with Crippen molar-refractivity contribution in [1.29, 1.82) is 0 Å². The van der Waals surface area contributed by atoms with Crippen LogP contribution >= 0.6 is 11.3 Å². The maximum Gasteiger partial charge on any atom is 0.329 e. The zero-order valence-corrected chi connectivity index (χ0v) is 16.4. The number of H-pyrrole nitrogens is 1. The van der Waals surface area contributed by atoms with Gasteiger partial charge >= 0.3 is 5.97 Å². The summed E-state index contributed by atoms with van der Waals surface area (Å²) in [6, 6.07) is 20.1. The smallest absolute Gasteiger partial charge is 0.329 e. The largest absolute Gasteiger partial charge is 0.459 e. The molecular formula is C23H20N2O3S. The van der Waals surface area contributed by atoms with Crippen LogP contribution in [0, 0.1) is 0 Å². The van der Waals surface area contributed by atoms with Crippen LogP contribution in [0.1, 0.15) is 20.8 Å². The first-order chi connectivity index (χ1) is 14.2. The Kier molecular flexibility index (Phi) is 5.72. The van der Waals surface area contributed by atoms with E-state index in [-0.39, 0.29) is 12.5 Å². The molecule has 4 aromatic rings. The Morgan fingerprint density at radius 2 is 1.79 bits per heavy atom. The highest BCUT2D eigenvalue weighted by molar-refractivity contribution is 7.12. The molecule has 6 heteroatoms. The zero-order valence-electron chi connectivity index (χ0n) is 15.6. The maximum absolute atomic E-state index is 12.8. The Balaban J connectivity index is 1.52. The second-order valence-electron chi connectivity index (χ2n) is 6.66. The molecule has 2 aromatic carbocycles. The number of ether oxygens (including phenoxy) is 1. The van der Waals surface area contributed by atoms with Crippen molar-refractivity contribution >= 4 is 34.1 Å². The molecule has 0 saturated carbocycles. The van der Waals surface area contributed by atoms with Gasteiger partial charge < -0.3 is 15.0 Å². The molecule has 0 fully saturated rings. The van der Waals surface area contributed by atoms with Crippen molar-refractivity contribution in [3.63, 3.8) is 0 Å². The van der Waals surface area contributed by atoms with Crippen LogP contribution in [0.2, 0.25) is 0 Å². The van der Waals surface area contributed by atoms with Gasteiger partial charge in [-0.2, -0.15) is 0 Å². The molecule has 146 valence electrons. The van der Waals surface area contributed by atoms with Crippen molar-refractivity contribution < 1.29 is 14.3 Å². The summed E-state index contributed by atoms with van der Waals surface area (Å²) >= 11 is 1.34. The van der Waals surface area contributed by atoms with Gasteiger partial charge in [-0.15, -0.1) is 11.3 Å². The van der Waals surface area contributed by atoms with Gasteiger partial charge in [-0.25, -0.2) is 4.79 Å². The molecule has 2 aromatic heterocycles. The lowest BCUT2D eigenvalue weighted by molar-refractivity contribution is -0.147. The molecule has 1 atom stereocenters. The first kappa shape index (κ1) is 19.0. The van der Waals surface area contributed by atoms with E-state index in [2.05, 4.69) is 10.3 Å². The number of amides is 1. The van der Waals surface area contributed by atoms with E-state index in [1.807, 2.05) is 72.2 Å². The lowest BCUT2D eigenvalue weighted by Crippen LogP contribution is -2.43. The number of esters is 1. The Labute approximate surface area is 172 Å². The van der Waals surface area contributed by atoms with E-state index in [1.165, 1.54) is 11.3 Å². The molecule has 0 bridgehead atoms. The van der Waals surface area contributed by atoms with E-state index in [4.69, 9.17) is 4.74 Å². The highest BCUT2D eigenvalue weighted by Crippen LogP contribution is 2.20. The average Bonchev–Trinajstić information content (AvgIpc) is 3.43. The Morgan fingerprint density at radius 3 is 2.59 bits per heavy atom. The average molecular weight is 404 g/mol. The standard InChI is InChI=1S/C23H20N2O3S/c26-22(21-11-6-12-29-21)25-20(23(27)28-15-16-7-2-1-3-8-16)13-17-14-24-19-10-5-4-9-18(17)19/h1-12,14,20,24H,13,15H2,(H,25,26). The zero-order chi connectivity index (χ0) is 20.1. The van der Waals surface area contributed by atoms with Crippen molar-refractivity contribution in [3.05, 3.63) is 94.3 Å². The van der Waals surface area contributed by atoms with Crippen LogP contribution in [0.5, 0.6) is 0 Å². The number of aromatic amines is 1. The molecule has 0 saturated heterocycles. The normalized spacial score (nSPS) is 11.9. The van der Waals surface area contributed by atoms with E-state index in [0.717, 1.165) is 22.0 Å². The van der Waals surface area contributed by atoms with E-state index in [0.29, 0.717) is 11.3 Å². The molecule has 2 N–H and O–H groups in total. The van der Waals surface area contributed by atoms with E-state index in [9.17, 15) is 9.59 Å². The molecule has 4 rings (SSSR count). The number of hydrogen-bond acceptors (Lipinski definition) is 4. The first-order valence-electron chi connectivity index (χ1n) is 9.30. The van der Waals surface area contributed by atoms with Crippen LogP contribution in [0.4, 0.5) is 0 Å². The third-order valence-electron chi connectivity index (χ3n) is 4.66. The minimum atomic E-state index is -0.785. The van der Waals surface area contributed by atoms with Crippen molar-refractivity contribution in [2.24, 2.45) is 0 Å². The number of rotatable bonds is 7. The highest BCUT2D eigenvalue weighted by Gasteiger charge is 2.25. The third kappa shape index (κ3) is 4.55. The van der Waals surface area contributed by atoms with Crippen LogP contribution < -0.4 is 5.32 Å². The van der Waals surface area contributed by atoms with Crippen LogP contribution in [-0.2, 0) is 22.6 Å². The second kappa shape index (κ2) is 8.75. The molecule has 5 nitrogen and oxygen atoms in total. The summed E-state index contributed by atoms with van der Waals surface area (Å²) in [6.07, 6.45) is 2.22. The predicted molar refractivity (Wildman–Crippen MR) is 114 cm³/mol. The summed E-state index contributed by atoms with van der Waals surface area (Å²) in [4.78, 5) is 29.2. The number of hydrogen-bond donors (Lipinski definition) is 2. The monoisotopic (exact) mass is 404 g/mol. The Hall–Kier alpha value is -3.38. The van der Waals surface area contributed by atoms with Crippen LogP contribution in [0.15, 0.2) is 78.3 Å². The van der Waals surface area contributed by atoms with Gasteiger partial charge in [0.15, 0.2) is 0 Å². The number of carbonyl (C=O) groups excluding carboxylic acids is 2. The molecule has 1 amide bonds. The molecule has 0 aliphatic carbocycles. The number of fused-ring (bicyclic) bond motifs is 1. The fraction of sp³-hybridized carbons (Fsp3) is 0.130. The number of benzene rings is 2. The quantitative estimate of drug-likeness (QED) is 0.451. The fourth-order valence-corrected chi connectivity index (χ4v) is 3.81. The van der Waals surface area contributed by atoms with Gasteiger partial charge in [-0.3, -0.25) is 4.79 Å². The molecule has 0 spiro atoms. The minimum Gasteiger partial charge on any atom is -0.459 e. The van der Waals surface area contributed by atoms with Gasteiger partial charge in [0.1, 0.15) is 12.6 Å². The molecule has 1 unspecified atom stereocenters. The summed E-state index contributed by atoms with van der Waals surface area (Å²) in [5.41, 5.74) is 2.84. The SMILES string of the molecule is O=C(NC(Cc1c[nH]c2ccccc12)C(=O)OCc1ccccc1)c1cccs1. The molecule has 0 radical (unpaired) electrons. The fourth-order valence-electron chi connectivity index (χ4n) is 3.18. The third-order valence-corrected chi connectivity index (χ3v) is 5.53. The summed E-state index contributed by atoms with van der Waals surface area (Å²) in [7, 11) is 0. The van der Waals surface area contributed by atoms with Crippen LogP contribution in [0.3, 0.4) is 0 Å². The van der Waals surface area contributed by atoms with E-state index >= 15 is 0 Å².